The van der Waals surface area contributed by atoms with Gasteiger partial charge in [-0.1, -0.05) is 18.9 Å². The molecular weight excluding hydrogens is 455 g/mol. The third-order valence-electron chi connectivity index (χ3n) is 8.11. The number of carbonyl (C=O) groups is 1. The summed E-state index contributed by atoms with van der Waals surface area (Å²) in [6.45, 7) is 0. The van der Waals surface area contributed by atoms with Crippen molar-refractivity contribution in [1.82, 2.24) is 0 Å². The maximum Gasteiger partial charge on any atom is 0.348 e. The van der Waals surface area contributed by atoms with Crippen molar-refractivity contribution in [3.05, 3.63) is 44.3 Å². The maximum atomic E-state index is 14.7. The molecule has 2 fully saturated rings. The Morgan fingerprint density at radius 2 is 2.06 bits per heavy atom. The zero-order valence-corrected chi connectivity index (χ0v) is 21.3. The molecule has 4 atom stereocenters. The van der Waals surface area contributed by atoms with Gasteiger partial charge in [-0.05, 0) is 99.6 Å². The average Bonchev–Trinajstić information content (AvgIpc) is 3.53. The van der Waals surface area contributed by atoms with E-state index in [1.54, 1.807) is 11.3 Å². The van der Waals surface area contributed by atoms with Crippen LogP contribution in [0.25, 0.3) is 0 Å². The van der Waals surface area contributed by atoms with Gasteiger partial charge in [0.15, 0.2) is 0 Å². The van der Waals surface area contributed by atoms with Crippen LogP contribution in [0.4, 0.5) is 4.39 Å². The Morgan fingerprint density at radius 3 is 2.76 bits per heavy atom. The highest BCUT2D eigenvalue weighted by atomic mass is 32.1. The molecule has 0 radical (unpaired) electrons. The van der Waals surface area contributed by atoms with E-state index in [0.29, 0.717) is 17.2 Å². The quantitative estimate of drug-likeness (QED) is 0.318. The van der Waals surface area contributed by atoms with Gasteiger partial charge in [0, 0.05) is 15.2 Å². The van der Waals surface area contributed by atoms with E-state index in [9.17, 15) is 14.3 Å². The molecule has 2 aliphatic rings. The van der Waals surface area contributed by atoms with Gasteiger partial charge < -0.3 is 9.84 Å². The van der Waals surface area contributed by atoms with E-state index < -0.39 is 6.17 Å². The van der Waals surface area contributed by atoms with Gasteiger partial charge in [0.2, 0.25) is 0 Å². The van der Waals surface area contributed by atoms with E-state index in [1.165, 1.54) is 34.6 Å². The number of aliphatic hydroxyl groups excluding tert-OH is 1. The molecule has 3 unspecified atom stereocenters. The first-order chi connectivity index (χ1) is 16.0. The van der Waals surface area contributed by atoms with Crippen molar-refractivity contribution < 1.29 is 19.0 Å². The highest BCUT2D eigenvalue weighted by Gasteiger charge is 2.43. The highest BCUT2D eigenvalue weighted by molar-refractivity contribution is 7.13. The second kappa shape index (κ2) is 11.5. The Kier molecular flexibility index (Phi) is 8.64. The van der Waals surface area contributed by atoms with E-state index >= 15 is 0 Å². The predicted molar refractivity (Wildman–Crippen MR) is 134 cm³/mol. The first-order valence-electron chi connectivity index (χ1n) is 12.5. The van der Waals surface area contributed by atoms with Gasteiger partial charge in [-0.25, -0.2) is 9.18 Å². The van der Waals surface area contributed by atoms with Crippen LogP contribution >= 0.6 is 22.7 Å². The standard InChI is InChI=1S/C27H37FO3S2/c1-31-26(30)24-14-12-20(33-24)7-2-6-19-11-13-23(28)22(19)9-3-10-25(29)27(15-5-16-27)18-21-8-4-17-32-21/h4,8,12,14,17,19,22-23,25,29H,2-3,5-7,9-11,13,15-16,18H2,1H3/t19-,22?,23?,25?/m0/s1. The first-order valence-corrected chi connectivity index (χ1v) is 14.2. The summed E-state index contributed by atoms with van der Waals surface area (Å²) in [6.07, 6.45) is 10.8. The lowest BCUT2D eigenvalue weighted by atomic mass is 9.62. The third-order valence-corrected chi connectivity index (χ3v) is 10.1. The molecule has 2 aliphatic carbocycles. The molecule has 2 aromatic rings. The molecule has 0 aliphatic heterocycles. The number of halogens is 1. The molecule has 0 bridgehead atoms. The largest absolute Gasteiger partial charge is 0.465 e. The van der Waals surface area contributed by atoms with Gasteiger partial charge in [0.05, 0.1) is 13.2 Å². The fourth-order valence-electron chi connectivity index (χ4n) is 6.00. The summed E-state index contributed by atoms with van der Waals surface area (Å²) in [5, 5.41) is 13.1. The summed E-state index contributed by atoms with van der Waals surface area (Å²) in [5.41, 5.74) is 0.0544. The van der Waals surface area contributed by atoms with Gasteiger partial charge in [0.25, 0.3) is 0 Å². The topological polar surface area (TPSA) is 46.5 Å². The zero-order chi connectivity index (χ0) is 23.3. The minimum atomic E-state index is -0.691. The van der Waals surface area contributed by atoms with Crippen LogP contribution in [-0.2, 0) is 17.6 Å². The van der Waals surface area contributed by atoms with Crippen molar-refractivity contribution in [1.29, 1.82) is 0 Å². The number of hydrogen-bond acceptors (Lipinski definition) is 5. The monoisotopic (exact) mass is 492 g/mol. The SMILES string of the molecule is COC(=O)c1ccc(CCC[C@H]2CCC(F)C2CCCC(O)C2(Cc3cccs3)CCC2)s1. The van der Waals surface area contributed by atoms with E-state index in [4.69, 9.17) is 4.74 Å². The molecule has 6 heteroatoms. The van der Waals surface area contributed by atoms with Crippen LogP contribution in [0.3, 0.4) is 0 Å². The van der Waals surface area contributed by atoms with Crippen LogP contribution in [0.5, 0.6) is 0 Å². The number of rotatable bonds is 12. The lowest BCUT2D eigenvalue weighted by Gasteiger charge is -2.46. The Balaban J connectivity index is 1.21. The molecule has 0 aromatic carbocycles. The number of aryl methyl sites for hydroxylation is 1. The van der Waals surface area contributed by atoms with Crippen molar-refractivity contribution in [2.45, 2.75) is 89.3 Å². The van der Waals surface area contributed by atoms with Gasteiger partial charge in [-0.15, -0.1) is 22.7 Å². The summed E-state index contributed by atoms with van der Waals surface area (Å²) in [5.74, 6) is 0.311. The Hall–Kier alpha value is -1.24. The third kappa shape index (κ3) is 6.07. The molecule has 0 amide bonds. The molecule has 0 spiro atoms. The van der Waals surface area contributed by atoms with Crippen molar-refractivity contribution in [2.75, 3.05) is 7.11 Å². The summed E-state index contributed by atoms with van der Waals surface area (Å²) >= 11 is 3.29. The normalized spacial score (nSPS) is 25.0. The van der Waals surface area contributed by atoms with Crippen LogP contribution in [-0.4, -0.2) is 30.5 Å². The van der Waals surface area contributed by atoms with Crippen LogP contribution in [0.15, 0.2) is 29.6 Å². The molecule has 182 valence electrons. The molecule has 1 N–H and O–H groups in total. The van der Waals surface area contributed by atoms with Crippen LogP contribution in [0.2, 0.25) is 0 Å². The van der Waals surface area contributed by atoms with Crippen molar-refractivity contribution in [2.24, 2.45) is 17.3 Å². The molecule has 2 saturated carbocycles. The molecule has 4 rings (SSSR count). The van der Waals surface area contributed by atoms with E-state index in [-0.39, 0.29) is 23.4 Å². The smallest absolute Gasteiger partial charge is 0.348 e. The number of ether oxygens (including phenoxy) is 1. The zero-order valence-electron chi connectivity index (χ0n) is 19.6. The number of methoxy groups -OCH3 is 1. The highest BCUT2D eigenvalue weighted by Crippen LogP contribution is 2.49. The molecule has 0 saturated heterocycles. The van der Waals surface area contributed by atoms with Crippen molar-refractivity contribution >= 4 is 28.6 Å². The minimum absolute atomic E-state index is 0.0544. The second-order valence-corrected chi connectivity index (χ2v) is 12.3. The fourth-order valence-corrected chi connectivity index (χ4v) is 7.83. The summed E-state index contributed by atoms with van der Waals surface area (Å²) in [4.78, 5) is 14.8. The van der Waals surface area contributed by atoms with Crippen molar-refractivity contribution in [3.63, 3.8) is 0 Å². The Bertz CT molecular complexity index is 874. The number of carbonyl (C=O) groups excluding carboxylic acids is 1. The maximum absolute atomic E-state index is 14.7. The number of hydrogen-bond donors (Lipinski definition) is 1. The van der Waals surface area contributed by atoms with E-state index in [0.717, 1.165) is 64.2 Å². The van der Waals surface area contributed by atoms with Gasteiger partial charge in [0.1, 0.15) is 11.0 Å². The average molecular weight is 493 g/mol. The molecule has 2 aromatic heterocycles. The second-order valence-electron chi connectivity index (χ2n) is 10.1. The van der Waals surface area contributed by atoms with Crippen LogP contribution in [0.1, 0.15) is 83.6 Å². The minimum Gasteiger partial charge on any atom is -0.465 e. The molecular formula is C27H37FO3S2. The lowest BCUT2D eigenvalue weighted by Crippen LogP contribution is -2.43. The van der Waals surface area contributed by atoms with E-state index in [1.807, 2.05) is 12.1 Å². The predicted octanol–water partition coefficient (Wildman–Crippen LogP) is 7.23. The van der Waals surface area contributed by atoms with Gasteiger partial charge in [-0.2, -0.15) is 0 Å². The lowest BCUT2D eigenvalue weighted by molar-refractivity contribution is -0.0406. The van der Waals surface area contributed by atoms with Crippen molar-refractivity contribution in [3.8, 4) is 0 Å². The van der Waals surface area contributed by atoms with Crippen LogP contribution in [0, 0.1) is 17.3 Å². The Morgan fingerprint density at radius 1 is 1.21 bits per heavy atom. The number of aliphatic hydroxyl groups is 1. The van der Waals surface area contributed by atoms with E-state index in [2.05, 4.69) is 17.5 Å². The van der Waals surface area contributed by atoms with Gasteiger partial charge >= 0.3 is 5.97 Å². The van der Waals surface area contributed by atoms with Gasteiger partial charge in [-0.3, -0.25) is 0 Å². The molecule has 33 heavy (non-hydrogen) atoms. The Labute approximate surface area is 205 Å². The molecule has 2 heterocycles. The molecule has 3 nitrogen and oxygen atoms in total. The summed E-state index contributed by atoms with van der Waals surface area (Å²) in [6, 6.07) is 8.12. The first kappa shape index (κ1) is 24.9. The number of esters is 1. The summed E-state index contributed by atoms with van der Waals surface area (Å²) in [7, 11) is 1.41. The van der Waals surface area contributed by atoms with Crippen LogP contribution < -0.4 is 0 Å². The summed E-state index contributed by atoms with van der Waals surface area (Å²) < 4.78 is 19.5. The fraction of sp³-hybridized carbons (Fsp3) is 0.667. The number of thiophene rings is 2. The number of alkyl halides is 1.